The maximum atomic E-state index is 3.72. The summed E-state index contributed by atoms with van der Waals surface area (Å²) in [5.41, 5.74) is 1.31. The Morgan fingerprint density at radius 1 is 1.07 bits per heavy atom. The SMILES string of the molecule is Cc1ccc(C(Br)c2ccccc2)s1. The predicted molar refractivity (Wildman–Crippen MR) is 66.3 cm³/mol. The molecule has 0 spiro atoms. The Balaban J connectivity index is 2.29. The molecule has 0 nitrogen and oxygen atoms in total. The van der Waals surface area contributed by atoms with Crippen LogP contribution in [0.3, 0.4) is 0 Å². The molecule has 0 amide bonds. The van der Waals surface area contributed by atoms with Gasteiger partial charge in [0, 0.05) is 9.75 Å². The minimum Gasteiger partial charge on any atom is -0.144 e. The lowest BCUT2D eigenvalue weighted by Crippen LogP contribution is -1.87. The molecule has 0 saturated carbocycles. The molecule has 1 heterocycles. The summed E-state index contributed by atoms with van der Waals surface area (Å²) in [6.45, 7) is 2.14. The zero-order chi connectivity index (χ0) is 9.97. The summed E-state index contributed by atoms with van der Waals surface area (Å²) < 4.78 is 0. The first-order valence-electron chi connectivity index (χ1n) is 4.53. The first-order valence-corrected chi connectivity index (χ1v) is 6.26. The van der Waals surface area contributed by atoms with Gasteiger partial charge in [-0.3, -0.25) is 0 Å². The number of benzene rings is 1. The van der Waals surface area contributed by atoms with Crippen LogP contribution in [0.5, 0.6) is 0 Å². The molecule has 0 bridgehead atoms. The van der Waals surface area contributed by atoms with Crippen molar-refractivity contribution in [3.63, 3.8) is 0 Å². The first kappa shape index (κ1) is 9.94. The molecule has 0 N–H and O–H groups in total. The zero-order valence-electron chi connectivity index (χ0n) is 7.91. The first-order chi connectivity index (χ1) is 6.77. The molecule has 2 rings (SSSR count). The van der Waals surface area contributed by atoms with Crippen molar-refractivity contribution in [1.82, 2.24) is 0 Å². The fourth-order valence-corrected chi connectivity index (χ4v) is 3.00. The maximum Gasteiger partial charge on any atom is 0.0738 e. The largest absolute Gasteiger partial charge is 0.144 e. The summed E-state index contributed by atoms with van der Waals surface area (Å²) in [5.74, 6) is 0. The van der Waals surface area contributed by atoms with Crippen LogP contribution in [0.4, 0.5) is 0 Å². The maximum absolute atomic E-state index is 3.72. The van der Waals surface area contributed by atoms with Gasteiger partial charge in [-0.1, -0.05) is 46.3 Å². The normalized spacial score (nSPS) is 12.7. The standard InChI is InChI=1S/C12H11BrS/c1-9-7-8-11(14-9)12(13)10-5-3-2-4-6-10/h2-8,12H,1H3. The van der Waals surface area contributed by atoms with Crippen LogP contribution in [0.1, 0.15) is 20.1 Å². The predicted octanol–water partition coefficient (Wildman–Crippen LogP) is 4.54. The molecule has 1 unspecified atom stereocenters. The third kappa shape index (κ3) is 2.07. The average Bonchev–Trinajstić information content (AvgIpc) is 2.65. The highest BCUT2D eigenvalue weighted by Crippen LogP contribution is 2.34. The monoisotopic (exact) mass is 266 g/mol. The molecule has 14 heavy (non-hydrogen) atoms. The zero-order valence-corrected chi connectivity index (χ0v) is 10.3. The second-order valence-electron chi connectivity index (χ2n) is 3.22. The molecule has 2 heteroatoms. The molecule has 1 aromatic heterocycles. The van der Waals surface area contributed by atoms with Gasteiger partial charge in [-0.05, 0) is 24.6 Å². The summed E-state index contributed by atoms with van der Waals surface area (Å²) in [6, 6.07) is 14.8. The molecular formula is C12H11BrS. The Bertz CT molecular complexity index is 405. The Kier molecular flexibility index (Phi) is 3.04. The number of halogens is 1. The van der Waals surface area contributed by atoms with Gasteiger partial charge in [0.05, 0.1) is 4.83 Å². The third-order valence-corrected chi connectivity index (χ3v) is 4.49. The van der Waals surface area contributed by atoms with E-state index in [-0.39, 0.29) is 0 Å². The highest BCUT2D eigenvalue weighted by atomic mass is 79.9. The van der Waals surface area contributed by atoms with Crippen LogP contribution in [0.15, 0.2) is 42.5 Å². The molecule has 1 aromatic carbocycles. The number of thiophene rings is 1. The van der Waals surface area contributed by atoms with Crippen molar-refractivity contribution in [2.24, 2.45) is 0 Å². The smallest absolute Gasteiger partial charge is 0.0738 e. The Morgan fingerprint density at radius 3 is 2.36 bits per heavy atom. The van der Waals surface area contributed by atoms with Crippen LogP contribution in [0.2, 0.25) is 0 Å². The molecule has 0 fully saturated rings. The van der Waals surface area contributed by atoms with Gasteiger partial charge < -0.3 is 0 Å². The molecule has 0 aliphatic carbocycles. The van der Waals surface area contributed by atoms with E-state index in [1.807, 2.05) is 17.4 Å². The third-order valence-electron chi connectivity index (χ3n) is 2.10. The van der Waals surface area contributed by atoms with E-state index in [0.717, 1.165) is 0 Å². The molecule has 0 saturated heterocycles. The molecule has 0 radical (unpaired) electrons. The van der Waals surface area contributed by atoms with Crippen LogP contribution in [0, 0.1) is 6.92 Å². The van der Waals surface area contributed by atoms with Crippen LogP contribution >= 0.6 is 27.3 Å². The van der Waals surface area contributed by atoms with Gasteiger partial charge in [0.1, 0.15) is 0 Å². The van der Waals surface area contributed by atoms with E-state index >= 15 is 0 Å². The number of hydrogen-bond acceptors (Lipinski definition) is 1. The van der Waals surface area contributed by atoms with Crippen LogP contribution in [-0.4, -0.2) is 0 Å². The summed E-state index contributed by atoms with van der Waals surface area (Å²) in [5, 5.41) is 0. The van der Waals surface area contributed by atoms with Crippen molar-refractivity contribution < 1.29 is 0 Å². The molecule has 2 aromatic rings. The second kappa shape index (κ2) is 4.28. The van der Waals surface area contributed by atoms with Crippen LogP contribution in [-0.2, 0) is 0 Å². The number of alkyl halides is 1. The summed E-state index contributed by atoms with van der Waals surface area (Å²) >= 11 is 5.56. The fourth-order valence-electron chi connectivity index (χ4n) is 1.38. The molecule has 72 valence electrons. The van der Waals surface area contributed by atoms with Crippen LogP contribution in [0.25, 0.3) is 0 Å². The average molecular weight is 267 g/mol. The van der Waals surface area contributed by atoms with Gasteiger partial charge in [0.2, 0.25) is 0 Å². The van der Waals surface area contributed by atoms with Gasteiger partial charge in [0.25, 0.3) is 0 Å². The van der Waals surface area contributed by atoms with Gasteiger partial charge >= 0.3 is 0 Å². The molecule has 0 aliphatic heterocycles. The highest BCUT2D eigenvalue weighted by molar-refractivity contribution is 9.09. The van der Waals surface area contributed by atoms with Crippen molar-refractivity contribution in [2.45, 2.75) is 11.8 Å². The quantitative estimate of drug-likeness (QED) is 0.701. The summed E-state index contributed by atoms with van der Waals surface area (Å²) in [6.07, 6.45) is 0. The Morgan fingerprint density at radius 2 is 1.79 bits per heavy atom. The summed E-state index contributed by atoms with van der Waals surface area (Å²) in [4.78, 5) is 3.07. The number of aryl methyl sites for hydroxylation is 1. The van der Waals surface area contributed by atoms with Crippen molar-refractivity contribution in [1.29, 1.82) is 0 Å². The van der Waals surface area contributed by atoms with E-state index in [1.165, 1.54) is 15.3 Å². The van der Waals surface area contributed by atoms with E-state index in [2.05, 4.69) is 59.3 Å². The van der Waals surface area contributed by atoms with Crippen molar-refractivity contribution in [3.05, 3.63) is 57.8 Å². The molecule has 0 aliphatic rings. The Hall–Kier alpha value is -0.600. The van der Waals surface area contributed by atoms with Crippen LogP contribution < -0.4 is 0 Å². The van der Waals surface area contributed by atoms with Crippen molar-refractivity contribution in [3.8, 4) is 0 Å². The van der Waals surface area contributed by atoms with Crippen molar-refractivity contribution in [2.75, 3.05) is 0 Å². The van der Waals surface area contributed by atoms with Crippen molar-refractivity contribution >= 4 is 27.3 Å². The topological polar surface area (TPSA) is 0 Å². The van der Waals surface area contributed by atoms with Gasteiger partial charge in [-0.25, -0.2) is 0 Å². The lowest BCUT2D eigenvalue weighted by atomic mass is 10.1. The van der Waals surface area contributed by atoms with E-state index in [9.17, 15) is 0 Å². The molecule has 1 atom stereocenters. The number of rotatable bonds is 2. The summed E-state index contributed by atoms with van der Waals surface area (Å²) in [7, 11) is 0. The van der Waals surface area contributed by atoms with Gasteiger partial charge in [-0.2, -0.15) is 0 Å². The number of hydrogen-bond donors (Lipinski definition) is 0. The Labute approximate surface area is 96.7 Å². The lowest BCUT2D eigenvalue weighted by molar-refractivity contribution is 1.23. The lowest BCUT2D eigenvalue weighted by Gasteiger charge is -2.06. The fraction of sp³-hybridized carbons (Fsp3) is 0.167. The second-order valence-corrected chi connectivity index (χ2v) is 5.46. The highest BCUT2D eigenvalue weighted by Gasteiger charge is 2.10. The minimum atomic E-state index is 0.336. The van der Waals surface area contributed by atoms with E-state index < -0.39 is 0 Å². The van der Waals surface area contributed by atoms with E-state index in [4.69, 9.17) is 0 Å². The minimum absolute atomic E-state index is 0.336. The van der Waals surface area contributed by atoms with E-state index in [0.29, 0.717) is 4.83 Å². The van der Waals surface area contributed by atoms with Gasteiger partial charge in [-0.15, -0.1) is 11.3 Å². The molecular weight excluding hydrogens is 256 g/mol. The van der Waals surface area contributed by atoms with Gasteiger partial charge in [0.15, 0.2) is 0 Å². The van der Waals surface area contributed by atoms with E-state index in [1.54, 1.807) is 0 Å².